The molecule has 0 fully saturated rings. The van der Waals surface area contributed by atoms with Gasteiger partial charge in [-0.05, 0) is 40.2 Å². The van der Waals surface area contributed by atoms with Crippen LogP contribution in [0, 0.1) is 20.2 Å². The van der Waals surface area contributed by atoms with Crippen molar-refractivity contribution < 1.29 is 18.3 Å². The maximum absolute atomic E-state index is 12.5. The quantitative estimate of drug-likeness (QED) is 0.547. The fourth-order valence-electron chi connectivity index (χ4n) is 1.74. The van der Waals surface area contributed by atoms with E-state index >= 15 is 0 Å². The number of rotatable bonds is 4. The Labute approximate surface area is 143 Å². The van der Waals surface area contributed by atoms with Gasteiger partial charge in [0.2, 0.25) is 9.84 Å². The third-order valence-electron chi connectivity index (χ3n) is 2.85. The predicted octanol–water partition coefficient (Wildman–Crippen LogP) is 3.75. The Balaban J connectivity index is 2.64. The molecule has 0 aromatic heterocycles. The Morgan fingerprint density at radius 3 is 1.91 bits per heavy atom. The van der Waals surface area contributed by atoms with E-state index in [4.69, 9.17) is 11.6 Å². The molecule has 0 amide bonds. The Morgan fingerprint density at radius 2 is 1.39 bits per heavy atom. The standard InChI is InChI=1S/C12H6BrClN2O6S/c13-9-3-1-7(5-11(9)15(17)18)23(21,22)8-2-4-10(14)12(6-8)16(19)20/h1-6H. The summed E-state index contributed by atoms with van der Waals surface area (Å²) < 4.78 is 25.1. The second-order valence-corrected chi connectivity index (χ2v) is 7.46. The van der Waals surface area contributed by atoms with Crippen molar-refractivity contribution in [2.75, 3.05) is 0 Å². The van der Waals surface area contributed by atoms with E-state index in [0.717, 1.165) is 30.3 Å². The molecule has 0 saturated heterocycles. The van der Waals surface area contributed by atoms with Crippen molar-refractivity contribution in [3.8, 4) is 0 Å². The van der Waals surface area contributed by atoms with Crippen LogP contribution in [0.3, 0.4) is 0 Å². The van der Waals surface area contributed by atoms with Crippen molar-refractivity contribution in [3.05, 3.63) is 66.1 Å². The summed E-state index contributed by atoms with van der Waals surface area (Å²) >= 11 is 8.59. The van der Waals surface area contributed by atoms with Crippen molar-refractivity contribution in [1.82, 2.24) is 0 Å². The van der Waals surface area contributed by atoms with Crippen molar-refractivity contribution in [2.24, 2.45) is 0 Å². The molecule has 2 aromatic rings. The van der Waals surface area contributed by atoms with Gasteiger partial charge in [0.1, 0.15) is 5.02 Å². The zero-order valence-electron chi connectivity index (χ0n) is 11.0. The molecule has 0 heterocycles. The Bertz CT molecular complexity index is 862. The molecule has 0 spiro atoms. The first-order valence-electron chi connectivity index (χ1n) is 5.77. The molecule has 120 valence electrons. The summed E-state index contributed by atoms with van der Waals surface area (Å²) in [5.74, 6) is 0. The maximum atomic E-state index is 12.5. The fourth-order valence-corrected chi connectivity index (χ4v) is 3.61. The Kier molecular flexibility index (Phi) is 4.68. The van der Waals surface area contributed by atoms with Gasteiger partial charge in [0.05, 0.1) is 24.1 Å². The van der Waals surface area contributed by atoms with Crippen LogP contribution in [0.4, 0.5) is 11.4 Å². The van der Waals surface area contributed by atoms with E-state index < -0.39 is 31.1 Å². The lowest BCUT2D eigenvalue weighted by molar-refractivity contribution is -0.385. The van der Waals surface area contributed by atoms with Gasteiger partial charge in [0, 0.05) is 12.1 Å². The smallest absolute Gasteiger partial charge is 0.258 e. The maximum Gasteiger partial charge on any atom is 0.289 e. The molecule has 8 nitrogen and oxygen atoms in total. The molecular weight excluding hydrogens is 416 g/mol. The van der Waals surface area contributed by atoms with Gasteiger partial charge in [-0.15, -0.1) is 0 Å². The molecule has 11 heteroatoms. The van der Waals surface area contributed by atoms with Gasteiger partial charge in [-0.2, -0.15) is 0 Å². The lowest BCUT2D eigenvalue weighted by Crippen LogP contribution is -2.04. The van der Waals surface area contributed by atoms with Gasteiger partial charge in [-0.25, -0.2) is 8.42 Å². The van der Waals surface area contributed by atoms with Crippen molar-refractivity contribution in [2.45, 2.75) is 9.79 Å². The Hall–Kier alpha value is -2.04. The third kappa shape index (κ3) is 3.33. The minimum absolute atomic E-state index is 0.114. The number of nitro benzene ring substituents is 2. The highest BCUT2D eigenvalue weighted by atomic mass is 79.9. The molecule has 0 saturated carbocycles. The highest BCUT2D eigenvalue weighted by Crippen LogP contribution is 2.33. The summed E-state index contributed by atoms with van der Waals surface area (Å²) in [5.41, 5.74) is -1.01. The zero-order chi connectivity index (χ0) is 17.4. The second kappa shape index (κ2) is 6.22. The summed E-state index contributed by atoms with van der Waals surface area (Å²) in [4.78, 5) is 19.5. The monoisotopic (exact) mass is 420 g/mol. The molecule has 2 rings (SSSR count). The normalized spacial score (nSPS) is 11.2. The minimum atomic E-state index is -4.17. The molecule has 0 aliphatic rings. The molecule has 0 atom stereocenters. The highest BCUT2D eigenvalue weighted by Gasteiger charge is 2.25. The van der Waals surface area contributed by atoms with Crippen molar-refractivity contribution in [1.29, 1.82) is 0 Å². The van der Waals surface area contributed by atoms with E-state index in [1.165, 1.54) is 6.07 Å². The van der Waals surface area contributed by atoms with Crippen LogP contribution in [0.15, 0.2) is 50.7 Å². The average Bonchev–Trinajstić information content (AvgIpc) is 2.47. The molecule has 0 unspecified atom stereocenters. The van der Waals surface area contributed by atoms with Crippen molar-refractivity contribution in [3.63, 3.8) is 0 Å². The lowest BCUT2D eigenvalue weighted by atomic mass is 10.3. The number of sulfone groups is 1. The molecule has 0 N–H and O–H groups in total. The predicted molar refractivity (Wildman–Crippen MR) is 84.4 cm³/mol. The number of nitro groups is 2. The van der Waals surface area contributed by atoms with E-state index in [-0.39, 0.29) is 19.3 Å². The van der Waals surface area contributed by atoms with E-state index in [1.807, 2.05) is 0 Å². The van der Waals surface area contributed by atoms with Gasteiger partial charge in [0.15, 0.2) is 0 Å². The number of hydrogen-bond acceptors (Lipinski definition) is 6. The molecule has 23 heavy (non-hydrogen) atoms. The van der Waals surface area contributed by atoms with Crippen LogP contribution < -0.4 is 0 Å². The number of nitrogens with zero attached hydrogens (tertiary/aromatic N) is 2. The van der Waals surface area contributed by atoms with E-state index in [9.17, 15) is 28.6 Å². The number of benzene rings is 2. The Morgan fingerprint density at radius 1 is 0.913 bits per heavy atom. The highest BCUT2D eigenvalue weighted by molar-refractivity contribution is 9.10. The van der Waals surface area contributed by atoms with E-state index in [0.29, 0.717) is 0 Å². The molecule has 0 aliphatic carbocycles. The fraction of sp³-hybridized carbons (Fsp3) is 0. The average molecular weight is 422 g/mol. The van der Waals surface area contributed by atoms with E-state index in [1.54, 1.807) is 0 Å². The second-order valence-electron chi connectivity index (χ2n) is 4.24. The van der Waals surface area contributed by atoms with Crippen LogP contribution in [-0.2, 0) is 9.84 Å². The first-order valence-corrected chi connectivity index (χ1v) is 8.43. The van der Waals surface area contributed by atoms with Crippen LogP contribution in [0.25, 0.3) is 0 Å². The molecule has 0 bridgehead atoms. The van der Waals surface area contributed by atoms with Crippen LogP contribution in [0.1, 0.15) is 0 Å². The SMILES string of the molecule is O=[N+]([O-])c1cc(S(=O)(=O)c2ccc(Br)c([N+](=O)[O-])c2)ccc1Cl. The lowest BCUT2D eigenvalue weighted by Gasteiger charge is -2.06. The van der Waals surface area contributed by atoms with Gasteiger partial charge >= 0.3 is 0 Å². The molecule has 2 aromatic carbocycles. The van der Waals surface area contributed by atoms with Gasteiger partial charge in [-0.3, -0.25) is 20.2 Å². The third-order valence-corrected chi connectivity index (χ3v) is 5.59. The number of halogens is 2. The first kappa shape index (κ1) is 17.3. The summed E-state index contributed by atoms with van der Waals surface area (Å²) in [6, 6.07) is 6.24. The van der Waals surface area contributed by atoms with Gasteiger partial charge in [0.25, 0.3) is 11.4 Å². The van der Waals surface area contributed by atoms with Crippen LogP contribution in [-0.4, -0.2) is 18.3 Å². The topological polar surface area (TPSA) is 120 Å². The summed E-state index contributed by atoms with van der Waals surface area (Å²) in [5, 5.41) is 21.5. The van der Waals surface area contributed by atoms with Crippen LogP contribution in [0.2, 0.25) is 5.02 Å². The minimum Gasteiger partial charge on any atom is -0.258 e. The van der Waals surface area contributed by atoms with Crippen molar-refractivity contribution >= 4 is 48.7 Å². The molecule has 0 radical (unpaired) electrons. The van der Waals surface area contributed by atoms with Gasteiger partial charge < -0.3 is 0 Å². The molecular formula is C12H6BrClN2O6S. The van der Waals surface area contributed by atoms with Crippen LogP contribution >= 0.6 is 27.5 Å². The first-order chi connectivity index (χ1) is 10.6. The summed E-state index contributed by atoms with van der Waals surface area (Å²) in [6.45, 7) is 0. The summed E-state index contributed by atoms with van der Waals surface area (Å²) in [7, 11) is -4.17. The van der Waals surface area contributed by atoms with Gasteiger partial charge in [-0.1, -0.05) is 11.6 Å². The molecule has 0 aliphatic heterocycles. The summed E-state index contributed by atoms with van der Waals surface area (Å²) in [6.07, 6.45) is 0. The zero-order valence-corrected chi connectivity index (χ0v) is 14.1. The van der Waals surface area contributed by atoms with E-state index in [2.05, 4.69) is 15.9 Å². The largest absolute Gasteiger partial charge is 0.289 e. The number of hydrogen-bond donors (Lipinski definition) is 0. The van der Waals surface area contributed by atoms with Crippen LogP contribution in [0.5, 0.6) is 0 Å².